The number of rotatable bonds is 25. The molecular formula is C38H66N6O10S. The van der Waals surface area contributed by atoms with Gasteiger partial charge in [0.15, 0.2) is 0 Å². The van der Waals surface area contributed by atoms with Gasteiger partial charge in [-0.2, -0.15) is 0 Å². The molecule has 2 rings (SSSR count). The Morgan fingerprint density at radius 2 is 1.18 bits per heavy atom. The van der Waals surface area contributed by atoms with Crippen molar-refractivity contribution in [3.63, 3.8) is 0 Å². The number of hydrogen-bond acceptors (Lipinski definition) is 13. The molecule has 314 valence electrons. The van der Waals surface area contributed by atoms with Crippen molar-refractivity contribution in [3.8, 4) is 0 Å². The fourth-order valence-electron chi connectivity index (χ4n) is 4.66. The van der Waals surface area contributed by atoms with Crippen LogP contribution in [0.5, 0.6) is 0 Å². The first kappa shape index (κ1) is 49.4. The minimum atomic E-state index is -0.494. The third-order valence-corrected chi connectivity index (χ3v) is 10.1. The van der Waals surface area contributed by atoms with Crippen LogP contribution in [0.25, 0.3) is 0 Å². The summed E-state index contributed by atoms with van der Waals surface area (Å²) in [5, 5.41) is 12.9. The molecule has 2 aliphatic heterocycles. The molecule has 2 heterocycles. The Kier molecular flexibility index (Phi) is 24.4. The van der Waals surface area contributed by atoms with Crippen LogP contribution in [0.3, 0.4) is 0 Å². The number of carbonyl (C=O) groups excluding carboxylic acids is 6. The Labute approximate surface area is 331 Å². The van der Waals surface area contributed by atoms with Crippen LogP contribution in [0.15, 0.2) is 10.3 Å². The van der Waals surface area contributed by atoms with Crippen LogP contribution in [0.2, 0.25) is 0 Å². The van der Waals surface area contributed by atoms with E-state index in [0.29, 0.717) is 37.3 Å². The number of nitrogens with zero attached hydrogens (tertiary/aromatic N) is 4. The van der Waals surface area contributed by atoms with Crippen LogP contribution >= 0.6 is 11.8 Å². The van der Waals surface area contributed by atoms with Crippen molar-refractivity contribution in [1.82, 2.24) is 20.4 Å². The van der Waals surface area contributed by atoms with Crippen molar-refractivity contribution in [2.75, 3.05) is 71.6 Å². The molecule has 0 aliphatic carbocycles. The monoisotopic (exact) mass is 798 g/mol. The summed E-state index contributed by atoms with van der Waals surface area (Å²) in [7, 11) is 0. The second kappa shape index (κ2) is 27.1. The molecule has 0 radical (unpaired) electrons. The molecule has 2 saturated heterocycles. The Morgan fingerprint density at radius 1 is 0.691 bits per heavy atom. The lowest BCUT2D eigenvalue weighted by molar-refractivity contribution is -0.142. The molecule has 0 bridgehead atoms. The van der Waals surface area contributed by atoms with Crippen molar-refractivity contribution in [1.29, 1.82) is 0 Å². The minimum absolute atomic E-state index is 0.0194. The summed E-state index contributed by atoms with van der Waals surface area (Å²) in [6, 6.07) is 0. The maximum absolute atomic E-state index is 12.6. The number of imide groups is 2. The van der Waals surface area contributed by atoms with E-state index in [1.807, 2.05) is 55.4 Å². The van der Waals surface area contributed by atoms with Crippen LogP contribution in [-0.2, 0) is 47.9 Å². The molecule has 0 saturated carbocycles. The van der Waals surface area contributed by atoms with E-state index in [2.05, 4.69) is 34.8 Å². The zero-order valence-electron chi connectivity index (χ0n) is 34.6. The molecule has 55 heavy (non-hydrogen) atoms. The average molecular weight is 799 g/mol. The summed E-state index contributed by atoms with van der Waals surface area (Å²) in [6.45, 7) is 22.4. The number of amides is 6. The number of carbonyl (C=O) groups is 6. The van der Waals surface area contributed by atoms with E-state index in [0.717, 1.165) is 11.4 Å². The Balaban J connectivity index is 0.000000848. The van der Waals surface area contributed by atoms with E-state index >= 15 is 0 Å². The molecule has 2 atom stereocenters. The Morgan fingerprint density at radius 3 is 1.65 bits per heavy atom. The third-order valence-electron chi connectivity index (χ3n) is 8.85. The fourth-order valence-corrected chi connectivity index (χ4v) is 5.78. The number of hydrogen-bond donors (Lipinski definition) is 2. The molecule has 2 N–H and O–H groups in total. The number of nitrogens with one attached hydrogen (secondary N) is 2. The van der Waals surface area contributed by atoms with Gasteiger partial charge in [0, 0.05) is 36.9 Å². The first-order valence-corrected chi connectivity index (χ1v) is 20.3. The summed E-state index contributed by atoms with van der Waals surface area (Å²) >= 11 is 1.31. The zero-order valence-corrected chi connectivity index (χ0v) is 35.5. The predicted molar refractivity (Wildman–Crippen MR) is 212 cm³/mol. The van der Waals surface area contributed by atoms with Gasteiger partial charge in [-0.05, 0) is 31.6 Å². The smallest absolute Gasteiger partial charge is 0.242 e. The summed E-state index contributed by atoms with van der Waals surface area (Å²) in [6.07, 6.45) is 0.603. The van der Waals surface area contributed by atoms with Crippen molar-refractivity contribution in [2.24, 2.45) is 39.9 Å². The van der Waals surface area contributed by atoms with E-state index < -0.39 is 5.25 Å². The van der Waals surface area contributed by atoms with Crippen LogP contribution in [-0.4, -0.2) is 133 Å². The Bertz CT molecular complexity index is 1310. The summed E-state index contributed by atoms with van der Waals surface area (Å²) in [5.41, 5.74) is 1.85. The average Bonchev–Trinajstić information content (AvgIpc) is 3.56. The molecule has 0 spiro atoms. The molecule has 2 unspecified atom stereocenters. The standard InChI is InChI=1S/C27H44N4O8S.C11H22N2O2/c1-18(2)20(5)29-39-10-7-28-23(32)6-15-40-22-17-25(34)31(27(22)36)9-12-38-14-13-37-11-8-30-24(33)16-21(19(3)4)26(30)35;1-8(2)10(5)13-15-7-6-12-11(14)9(3)4/h18-19,21-22H,6-17H2,1-5H3,(H,28,32);8-9H,6-7H2,1-5H3,(H,12,14)/b29-20+;13-10+. The van der Waals surface area contributed by atoms with Gasteiger partial charge in [0.05, 0.1) is 69.3 Å². The molecule has 0 aromatic heterocycles. The number of thioether (sulfide) groups is 1. The highest BCUT2D eigenvalue weighted by Crippen LogP contribution is 2.26. The number of likely N-dealkylation sites (tertiary alicyclic amines) is 2. The summed E-state index contributed by atoms with van der Waals surface area (Å²) in [5.74, 6) is 0.110. The van der Waals surface area contributed by atoms with Gasteiger partial charge in [-0.15, -0.1) is 11.8 Å². The van der Waals surface area contributed by atoms with Crippen LogP contribution in [0, 0.1) is 29.6 Å². The summed E-state index contributed by atoms with van der Waals surface area (Å²) < 4.78 is 11.0. The lowest BCUT2D eigenvalue weighted by Gasteiger charge is -2.17. The van der Waals surface area contributed by atoms with E-state index in [9.17, 15) is 28.8 Å². The van der Waals surface area contributed by atoms with Crippen LogP contribution in [0.1, 0.15) is 88.5 Å². The molecule has 2 aliphatic rings. The first-order chi connectivity index (χ1) is 26.0. The molecule has 6 amide bonds. The van der Waals surface area contributed by atoms with Crippen molar-refractivity contribution in [2.45, 2.75) is 93.7 Å². The third kappa shape index (κ3) is 19.7. The normalized spacial score (nSPS) is 17.9. The second-order valence-corrected chi connectivity index (χ2v) is 15.9. The van der Waals surface area contributed by atoms with E-state index in [1.165, 1.54) is 21.6 Å². The molecule has 2 fully saturated rings. The zero-order chi connectivity index (χ0) is 41.5. The van der Waals surface area contributed by atoms with Gasteiger partial charge < -0.3 is 29.8 Å². The van der Waals surface area contributed by atoms with Crippen molar-refractivity contribution in [3.05, 3.63) is 0 Å². The molecule has 17 heteroatoms. The molecule has 16 nitrogen and oxygen atoms in total. The highest BCUT2D eigenvalue weighted by atomic mass is 32.2. The molecule has 0 aromatic carbocycles. The van der Waals surface area contributed by atoms with E-state index in [4.69, 9.17) is 19.1 Å². The van der Waals surface area contributed by atoms with E-state index in [-0.39, 0.29) is 119 Å². The van der Waals surface area contributed by atoms with Gasteiger partial charge >= 0.3 is 0 Å². The van der Waals surface area contributed by atoms with Crippen molar-refractivity contribution < 1.29 is 47.9 Å². The molecule has 0 aromatic rings. The fraction of sp³-hybridized carbons (Fsp3) is 0.789. The topological polar surface area (TPSA) is 195 Å². The quantitative estimate of drug-likeness (QED) is 0.0596. The highest BCUT2D eigenvalue weighted by Gasteiger charge is 2.40. The largest absolute Gasteiger partial charge is 0.394 e. The van der Waals surface area contributed by atoms with Gasteiger partial charge in [-0.1, -0.05) is 65.7 Å². The van der Waals surface area contributed by atoms with Gasteiger partial charge in [-0.25, -0.2) is 0 Å². The van der Waals surface area contributed by atoms with Crippen LogP contribution < -0.4 is 10.6 Å². The van der Waals surface area contributed by atoms with Gasteiger partial charge in [0.1, 0.15) is 13.2 Å². The number of ether oxygens (including phenoxy) is 2. The summed E-state index contributed by atoms with van der Waals surface area (Å²) in [4.78, 5) is 85.0. The maximum Gasteiger partial charge on any atom is 0.242 e. The van der Waals surface area contributed by atoms with Crippen LogP contribution in [0.4, 0.5) is 0 Å². The maximum atomic E-state index is 12.6. The van der Waals surface area contributed by atoms with Crippen molar-refractivity contribution >= 4 is 58.6 Å². The Hall–Kier alpha value is -3.57. The van der Waals surface area contributed by atoms with Gasteiger partial charge in [-0.3, -0.25) is 38.6 Å². The second-order valence-electron chi connectivity index (χ2n) is 14.6. The number of oxime groups is 2. The lowest BCUT2D eigenvalue weighted by atomic mass is 9.94. The molecular weight excluding hydrogens is 733 g/mol. The lowest BCUT2D eigenvalue weighted by Crippen LogP contribution is -2.35. The predicted octanol–water partition coefficient (Wildman–Crippen LogP) is 3.27. The highest BCUT2D eigenvalue weighted by molar-refractivity contribution is 8.00. The SMILES string of the molecule is C/C(=N\OCCNC(=O)C(C)C)C(C)C.C/C(=N\OCCNC(=O)CCSC1CC(=O)N(CCOCCOCCN2C(=O)CC(C(C)C)C2=O)C1=O)C(C)C. The van der Waals surface area contributed by atoms with Gasteiger partial charge in [0.25, 0.3) is 0 Å². The van der Waals surface area contributed by atoms with E-state index in [1.54, 1.807) is 0 Å². The first-order valence-electron chi connectivity index (χ1n) is 19.3. The van der Waals surface area contributed by atoms with Gasteiger partial charge in [0.2, 0.25) is 35.4 Å². The minimum Gasteiger partial charge on any atom is -0.394 e.